The molecule has 0 atom stereocenters. The van der Waals surface area contributed by atoms with Gasteiger partial charge in [0.2, 0.25) is 0 Å². The fourth-order valence-electron chi connectivity index (χ4n) is 1.75. The minimum Gasteiger partial charge on any atom is -0.332 e. The standard InChI is InChI=1S/C9H12N6/c1-14-6-11-4-8(14)9-5-12-13-15(9)7-2-10-3-7/h4-7,10H,2-3H2,1H3. The summed E-state index contributed by atoms with van der Waals surface area (Å²) in [7, 11) is 1.97. The van der Waals surface area contributed by atoms with Gasteiger partial charge in [0.15, 0.2) is 0 Å². The number of nitrogens with one attached hydrogen (secondary N) is 1. The first kappa shape index (κ1) is 8.60. The number of aryl methyl sites for hydroxylation is 1. The second kappa shape index (κ2) is 3.16. The van der Waals surface area contributed by atoms with E-state index in [2.05, 4.69) is 20.6 Å². The molecule has 6 heteroatoms. The summed E-state index contributed by atoms with van der Waals surface area (Å²) >= 11 is 0. The Bertz CT molecular complexity index is 466. The summed E-state index contributed by atoms with van der Waals surface area (Å²) in [5, 5.41) is 11.3. The van der Waals surface area contributed by atoms with Crippen LogP contribution >= 0.6 is 0 Å². The van der Waals surface area contributed by atoms with Gasteiger partial charge in [-0.05, 0) is 0 Å². The van der Waals surface area contributed by atoms with E-state index in [9.17, 15) is 0 Å². The fourth-order valence-corrected chi connectivity index (χ4v) is 1.75. The van der Waals surface area contributed by atoms with Crippen molar-refractivity contribution in [3.8, 4) is 11.4 Å². The number of aromatic nitrogens is 5. The van der Waals surface area contributed by atoms with Gasteiger partial charge in [-0.2, -0.15) is 0 Å². The van der Waals surface area contributed by atoms with E-state index in [1.165, 1.54) is 0 Å². The van der Waals surface area contributed by atoms with Gasteiger partial charge in [0, 0.05) is 20.1 Å². The first-order valence-electron chi connectivity index (χ1n) is 4.94. The van der Waals surface area contributed by atoms with E-state index >= 15 is 0 Å². The maximum Gasteiger partial charge on any atom is 0.107 e. The number of hydrogen-bond acceptors (Lipinski definition) is 4. The third-order valence-corrected chi connectivity index (χ3v) is 2.76. The van der Waals surface area contributed by atoms with Crippen molar-refractivity contribution >= 4 is 0 Å². The van der Waals surface area contributed by atoms with Crippen LogP contribution in [0.15, 0.2) is 18.7 Å². The predicted octanol–water partition coefficient (Wildman–Crippen LogP) is -0.177. The van der Waals surface area contributed by atoms with Crippen LogP contribution in [0.5, 0.6) is 0 Å². The third-order valence-electron chi connectivity index (χ3n) is 2.76. The topological polar surface area (TPSA) is 60.6 Å². The first-order valence-corrected chi connectivity index (χ1v) is 4.94. The monoisotopic (exact) mass is 204 g/mol. The van der Waals surface area contributed by atoms with Gasteiger partial charge in [0.1, 0.15) is 5.69 Å². The highest BCUT2D eigenvalue weighted by molar-refractivity contribution is 5.52. The van der Waals surface area contributed by atoms with Gasteiger partial charge in [0.25, 0.3) is 0 Å². The Kier molecular flexibility index (Phi) is 1.81. The number of nitrogens with zero attached hydrogens (tertiary/aromatic N) is 5. The van der Waals surface area contributed by atoms with Crippen molar-refractivity contribution in [3.05, 3.63) is 18.7 Å². The Balaban J connectivity index is 2.04. The van der Waals surface area contributed by atoms with Crippen LogP contribution in [0.1, 0.15) is 6.04 Å². The number of imidazole rings is 1. The Hall–Kier alpha value is -1.69. The van der Waals surface area contributed by atoms with E-state index in [-0.39, 0.29) is 0 Å². The lowest BCUT2D eigenvalue weighted by molar-refractivity contribution is 0.315. The zero-order chi connectivity index (χ0) is 10.3. The van der Waals surface area contributed by atoms with E-state index in [0.29, 0.717) is 6.04 Å². The summed E-state index contributed by atoms with van der Waals surface area (Å²) in [5.41, 5.74) is 2.08. The van der Waals surface area contributed by atoms with Crippen molar-refractivity contribution < 1.29 is 0 Å². The molecule has 0 saturated carbocycles. The molecule has 0 spiro atoms. The molecular weight excluding hydrogens is 192 g/mol. The van der Waals surface area contributed by atoms with Crippen LogP contribution < -0.4 is 5.32 Å². The Morgan fingerprint density at radius 1 is 1.33 bits per heavy atom. The Labute approximate surface area is 86.9 Å². The summed E-state index contributed by atoms with van der Waals surface area (Å²) in [6, 6.07) is 0.428. The summed E-state index contributed by atoms with van der Waals surface area (Å²) < 4.78 is 3.94. The molecule has 3 rings (SSSR count). The molecule has 1 fully saturated rings. The quantitative estimate of drug-likeness (QED) is 0.737. The normalized spacial score (nSPS) is 16.6. The molecule has 78 valence electrons. The molecule has 0 unspecified atom stereocenters. The summed E-state index contributed by atoms with van der Waals surface area (Å²) in [5.74, 6) is 0. The van der Waals surface area contributed by atoms with Gasteiger partial charge in [0.05, 0.1) is 30.5 Å². The predicted molar refractivity (Wildman–Crippen MR) is 54.1 cm³/mol. The van der Waals surface area contributed by atoms with E-state index < -0.39 is 0 Å². The van der Waals surface area contributed by atoms with E-state index in [1.54, 1.807) is 12.5 Å². The zero-order valence-corrected chi connectivity index (χ0v) is 8.46. The zero-order valence-electron chi connectivity index (χ0n) is 8.46. The van der Waals surface area contributed by atoms with Crippen LogP contribution in [0.25, 0.3) is 11.4 Å². The molecular formula is C9H12N6. The summed E-state index contributed by atoms with van der Waals surface area (Å²) in [4.78, 5) is 4.10. The van der Waals surface area contributed by atoms with E-state index in [1.807, 2.05) is 22.5 Å². The minimum atomic E-state index is 0.428. The second-order valence-electron chi connectivity index (χ2n) is 3.77. The summed E-state index contributed by atoms with van der Waals surface area (Å²) in [6.07, 6.45) is 5.41. The average molecular weight is 204 g/mol. The van der Waals surface area contributed by atoms with Gasteiger partial charge < -0.3 is 9.88 Å². The van der Waals surface area contributed by atoms with Crippen molar-refractivity contribution in [2.45, 2.75) is 6.04 Å². The molecule has 6 nitrogen and oxygen atoms in total. The molecule has 15 heavy (non-hydrogen) atoms. The lowest BCUT2D eigenvalue weighted by Gasteiger charge is -2.28. The molecule has 0 aromatic carbocycles. The van der Waals surface area contributed by atoms with Crippen LogP contribution in [0.2, 0.25) is 0 Å². The van der Waals surface area contributed by atoms with Crippen molar-refractivity contribution in [2.24, 2.45) is 7.05 Å². The van der Waals surface area contributed by atoms with Gasteiger partial charge in [-0.15, -0.1) is 5.10 Å². The van der Waals surface area contributed by atoms with Crippen LogP contribution in [0.4, 0.5) is 0 Å². The largest absolute Gasteiger partial charge is 0.332 e. The van der Waals surface area contributed by atoms with Crippen molar-refractivity contribution in [1.82, 2.24) is 29.9 Å². The Morgan fingerprint density at radius 2 is 2.20 bits per heavy atom. The lowest BCUT2D eigenvalue weighted by atomic mass is 10.2. The second-order valence-corrected chi connectivity index (χ2v) is 3.77. The fraction of sp³-hybridized carbons (Fsp3) is 0.444. The lowest BCUT2D eigenvalue weighted by Crippen LogP contribution is -2.44. The van der Waals surface area contributed by atoms with Gasteiger partial charge in [-0.1, -0.05) is 5.21 Å². The molecule has 3 heterocycles. The first-order chi connectivity index (χ1) is 7.36. The minimum absolute atomic E-state index is 0.428. The van der Waals surface area contributed by atoms with Gasteiger partial charge >= 0.3 is 0 Å². The van der Waals surface area contributed by atoms with Gasteiger partial charge in [-0.3, -0.25) is 0 Å². The molecule has 1 aliphatic rings. The molecule has 0 aliphatic carbocycles. The van der Waals surface area contributed by atoms with Gasteiger partial charge in [-0.25, -0.2) is 9.67 Å². The molecule has 1 N–H and O–H groups in total. The van der Waals surface area contributed by atoms with E-state index in [0.717, 1.165) is 24.5 Å². The smallest absolute Gasteiger partial charge is 0.107 e. The number of hydrogen-bond donors (Lipinski definition) is 1. The van der Waals surface area contributed by atoms with E-state index in [4.69, 9.17) is 0 Å². The molecule has 0 radical (unpaired) electrons. The highest BCUT2D eigenvalue weighted by atomic mass is 15.5. The molecule has 1 aliphatic heterocycles. The van der Waals surface area contributed by atoms with Crippen LogP contribution in [-0.2, 0) is 7.05 Å². The highest BCUT2D eigenvalue weighted by Crippen LogP contribution is 2.21. The van der Waals surface area contributed by atoms with Crippen molar-refractivity contribution in [3.63, 3.8) is 0 Å². The average Bonchev–Trinajstić information content (AvgIpc) is 2.71. The molecule has 1 saturated heterocycles. The molecule has 0 amide bonds. The maximum absolute atomic E-state index is 4.12. The van der Waals surface area contributed by atoms with Crippen LogP contribution in [-0.4, -0.2) is 37.6 Å². The van der Waals surface area contributed by atoms with Crippen molar-refractivity contribution in [2.75, 3.05) is 13.1 Å². The Morgan fingerprint density at radius 3 is 2.80 bits per heavy atom. The van der Waals surface area contributed by atoms with Crippen LogP contribution in [0.3, 0.4) is 0 Å². The third kappa shape index (κ3) is 1.25. The maximum atomic E-state index is 4.12. The van der Waals surface area contributed by atoms with Crippen LogP contribution in [0, 0.1) is 0 Å². The highest BCUT2D eigenvalue weighted by Gasteiger charge is 2.23. The SMILES string of the molecule is Cn1cncc1-c1cnnn1C1CNC1. The molecule has 2 aromatic heterocycles. The summed E-state index contributed by atoms with van der Waals surface area (Å²) in [6.45, 7) is 1.93. The number of rotatable bonds is 2. The molecule has 2 aromatic rings. The molecule has 0 bridgehead atoms. The van der Waals surface area contributed by atoms with Crippen molar-refractivity contribution in [1.29, 1.82) is 0 Å².